The Kier molecular flexibility index (Phi) is 6.97. The van der Waals surface area contributed by atoms with Crippen molar-refractivity contribution in [1.82, 2.24) is 0 Å². The number of ether oxygens (including phenoxy) is 1. The molecule has 3 rings (SSSR count). The molecular formula is C24H23F2N2O2S+. The highest BCUT2D eigenvalue weighted by Crippen LogP contribution is 2.23. The fraction of sp³-hybridized carbons (Fsp3) is 0.167. The number of alkyl halides is 2. The van der Waals surface area contributed by atoms with E-state index in [9.17, 15) is 13.9 Å². The van der Waals surface area contributed by atoms with E-state index in [1.54, 1.807) is 10.8 Å². The summed E-state index contributed by atoms with van der Waals surface area (Å²) < 4.78 is 31.0. The molecule has 0 amide bonds. The maximum atomic E-state index is 12.4. The van der Waals surface area contributed by atoms with Crippen LogP contribution in [0.15, 0.2) is 67.0 Å². The second kappa shape index (κ2) is 9.66. The van der Waals surface area contributed by atoms with Gasteiger partial charge in [-0.05, 0) is 74.4 Å². The number of aliphatic hydroxyl groups is 1. The number of nitrogens with zero attached hydrogens (tertiary/aromatic N) is 1. The number of aliphatic hydroxyl groups excluding tert-OH is 1. The van der Waals surface area contributed by atoms with Gasteiger partial charge in [0.15, 0.2) is 23.1 Å². The van der Waals surface area contributed by atoms with Crippen molar-refractivity contribution < 1.29 is 23.2 Å². The topological polar surface area (TPSA) is 45.4 Å². The van der Waals surface area contributed by atoms with Gasteiger partial charge in [0, 0.05) is 22.9 Å². The fourth-order valence-electron chi connectivity index (χ4n) is 3.02. The molecule has 160 valence electrons. The highest BCUT2D eigenvalue weighted by Gasteiger charge is 2.24. The summed E-state index contributed by atoms with van der Waals surface area (Å²) >= 11 is 5.64. The minimum Gasteiger partial charge on any atom is -0.502 e. The molecule has 0 bridgehead atoms. The van der Waals surface area contributed by atoms with Crippen LogP contribution in [0.3, 0.4) is 0 Å². The Balaban J connectivity index is 2.02. The largest absolute Gasteiger partial charge is 0.502 e. The molecule has 0 saturated carbocycles. The molecule has 0 radical (unpaired) electrons. The Labute approximate surface area is 185 Å². The van der Waals surface area contributed by atoms with Crippen LogP contribution >= 0.6 is 12.2 Å². The molecule has 2 N–H and O–H groups in total. The van der Waals surface area contributed by atoms with Crippen molar-refractivity contribution in [3.8, 4) is 5.75 Å². The zero-order chi connectivity index (χ0) is 22.5. The minimum atomic E-state index is -2.91. The summed E-state index contributed by atoms with van der Waals surface area (Å²) in [6, 6.07) is 15.4. The maximum Gasteiger partial charge on any atom is 0.387 e. The smallest absolute Gasteiger partial charge is 0.387 e. The molecule has 0 atom stereocenters. The monoisotopic (exact) mass is 441 g/mol. The molecule has 2 aromatic carbocycles. The number of aryl methyl sites for hydroxylation is 3. The third-order valence-electron chi connectivity index (χ3n) is 4.76. The van der Waals surface area contributed by atoms with Gasteiger partial charge in [-0.15, -0.1) is 0 Å². The second-order valence-electron chi connectivity index (χ2n) is 7.14. The molecule has 1 aromatic heterocycles. The quantitative estimate of drug-likeness (QED) is 0.219. The number of nitrogens with one attached hydrogen (secondary N) is 1. The maximum absolute atomic E-state index is 12.4. The summed E-state index contributed by atoms with van der Waals surface area (Å²) in [4.78, 5) is 0.310. The van der Waals surface area contributed by atoms with Gasteiger partial charge in [-0.25, -0.2) is 0 Å². The van der Waals surface area contributed by atoms with Crippen molar-refractivity contribution in [3.63, 3.8) is 0 Å². The Morgan fingerprint density at radius 2 is 1.74 bits per heavy atom. The van der Waals surface area contributed by atoms with Gasteiger partial charge in [-0.3, -0.25) is 0 Å². The van der Waals surface area contributed by atoms with Crippen LogP contribution in [0.2, 0.25) is 0 Å². The van der Waals surface area contributed by atoms with E-state index in [2.05, 4.69) is 10.1 Å². The average molecular weight is 442 g/mol. The van der Waals surface area contributed by atoms with Crippen LogP contribution in [0.25, 0.3) is 11.5 Å². The highest BCUT2D eigenvalue weighted by molar-refractivity contribution is 7.81. The van der Waals surface area contributed by atoms with Gasteiger partial charge >= 0.3 is 6.61 Å². The lowest BCUT2D eigenvalue weighted by molar-refractivity contribution is -0.576. The lowest BCUT2D eigenvalue weighted by atomic mass is 10.1. The number of thiocarbonyl (C=S) groups is 1. The summed E-state index contributed by atoms with van der Waals surface area (Å²) in [7, 11) is 0. The Bertz CT molecular complexity index is 1130. The predicted molar refractivity (Wildman–Crippen MR) is 122 cm³/mol. The zero-order valence-electron chi connectivity index (χ0n) is 17.4. The number of aromatic nitrogens is 1. The van der Waals surface area contributed by atoms with Gasteiger partial charge in [0.25, 0.3) is 5.70 Å². The standard InChI is InChI=1S/C24H22F2N2O2S/c1-15-5-4-12-28(14-15)21(23(31)27-19-9-6-16(2)17(3)13-19)22(29)18-7-10-20(11-8-18)30-24(25)26/h4-14,24H,1-3H3,(H-,27,29,31)/p+1. The molecule has 4 nitrogen and oxygen atoms in total. The van der Waals surface area contributed by atoms with E-state index in [4.69, 9.17) is 12.2 Å². The molecule has 7 heteroatoms. The molecule has 0 spiro atoms. The number of benzene rings is 2. The Morgan fingerprint density at radius 1 is 1.03 bits per heavy atom. The zero-order valence-corrected chi connectivity index (χ0v) is 18.2. The predicted octanol–water partition coefficient (Wildman–Crippen LogP) is 5.82. The normalized spacial score (nSPS) is 11.8. The van der Waals surface area contributed by atoms with Gasteiger partial charge in [-0.1, -0.05) is 18.3 Å². The Morgan fingerprint density at radius 3 is 2.35 bits per heavy atom. The number of pyridine rings is 1. The van der Waals surface area contributed by atoms with Crippen LogP contribution in [-0.4, -0.2) is 16.7 Å². The first-order valence-corrected chi connectivity index (χ1v) is 10.0. The summed E-state index contributed by atoms with van der Waals surface area (Å²) in [6.45, 7) is 3.05. The van der Waals surface area contributed by atoms with Gasteiger partial charge in [0.05, 0.1) is 0 Å². The first-order valence-electron chi connectivity index (χ1n) is 9.60. The average Bonchev–Trinajstić information content (AvgIpc) is 2.71. The van der Waals surface area contributed by atoms with E-state index >= 15 is 0 Å². The summed E-state index contributed by atoms with van der Waals surface area (Å²) in [5.41, 5.74) is 4.82. The van der Waals surface area contributed by atoms with Gasteiger partial charge in [0.2, 0.25) is 0 Å². The van der Waals surface area contributed by atoms with Crippen LogP contribution in [0.4, 0.5) is 14.5 Å². The van der Waals surface area contributed by atoms with Gasteiger partial charge in [-0.2, -0.15) is 13.3 Å². The number of hydrogen-bond donors (Lipinski definition) is 2. The lowest BCUT2D eigenvalue weighted by Crippen LogP contribution is -2.38. The first-order chi connectivity index (χ1) is 14.7. The van der Waals surface area contributed by atoms with Crippen LogP contribution in [0, 0.1) is 20.8 Å². The molecule has 0 aliphatic rings. The van der Waals surface area contributed by atoms with Gasteiger partial charge in [0.1, 0.15) is 5.75 Å². The Hall–Kier alpha value is -3.32. The second-order valence-corrected chi connectivity index (χ2v) is 7.55. The van der Waals surface area contributed by atoms with Crippen LogP contribution in [-0.2, 0) is 0 Å². The molecule has 3 aromatic rings. The van der Waals surface area contributed by atoms with E-state index in [0.717, 1.165) is 22.4 Å². The molecule has 0 aliphatic heterocycles. The van der Waals surface area contributed by atoms with E-state index < -0.39 is 6.61 Å². The molecular weight excluding hydrogens is 418 g/mol. The van der Waals surface area contributed by atoms with Crippen LogP contribution in [0.1, 0.15) is 22.3 Å². The number of halogens is 2. The van der Waals surface area contributed by atoms with Crippen molar-refractivity contribution in [2.75, 3.05) is 5.32 Å². The fourth-order valence-corrected chi connectivity index (χ4v) is 3.34. The minimum absolute atomic E-state index is 0.00661. The van der Waals surface area contributed by atoms with Crippen LogP contribution < -0.4 is 14.6 Å². The van der Waals surface area contributed by atoms with E-state index in [1.807, 2.05) is 57.3 Å². The molecule has 31 heavy (non-hydrogen) atoms. The number of hydrogen-bond acceptors (Lipinski definition) is 3. The molecule has 0 fully saturated rings. The summed E-state index contributed by atoms with van der Waals surface area (Å²) in [6.07, 6.45) is 3.62. The summed E-state index contributed by atoms with van der Waals surface area (Å²) in [5.74, 6) is -0.0901. The third kappa shape index (κ3) is 5.64. The first kappa shape index (κ1) is 22.4. The van der Waals surface area contributed by atoms with Crippen molar-refractivity contribution in [1.29, 1.82) is 0 Å². The van der Waals surface area contributed by atoms with Crippen molar-refractivity contribution in [3.05, 3.63) is 89.2 Å². The SMILES string of the molecule is Cc1ccc[n+](/C(C(=S)Nc2ccc(C)c(C)c2)=C(/O)c2ccc(OC(F)F)cc2)c1. The van der Waals surface area contributed by atoms with E-state index in [0.29, 0.717) is 16.2 Å². The van der Waals surface area contributed by atoms with Crippen molar-refractivity contribution >= 4 is 34.3 Å². The lowest BCUT2D eigenvalue weighted by Gasteiger charge is -2.12. The molecule has 0 saturated heterocycles. The third-order valence-corrected chi connectivity index (χ3v) is 5.06. The molecule has 1 heterocycles. The van der Waals surface area contributed by atoms with Crippen molar-refractivity contribution in [2.45, 2.75) is 27.4 Å². The van der Waals surface area contributed by atoms with E-state index in [1.165, 1.54) is 24.3 Å². The molecule has 0 unspecified atom stereocenters. The van der Waals surface area contributed by atoms with Crippen molar-refractivity contribution in [2.24, 2.45) is 0 Å². The van der Waals surface area contributed by atoms with Gasteiger partial charge < -0.3 is 15.2 Å². The number of anilines is 1. The number of rotatable bonds is 6. The van der Waals surface area contributed by atoms with Crippen LogP contribution in [0.5, 0.6) is 5.75 Å². The highest BCUT2D eigenvalue weighted by atomic mass is 32.1. The molecule has 0 aliphatic carbocycles. The summed E-state index contributed by atoms with van der Waals surface area (Å²) in [5, 5.41) is 14.3. The van der Waals surface area contributed by atoms with E-state index in [-0.39, 0.29) is 11.5 Å².